The SMILES string of the molecule is O=P(O)(O)O.O=P(O)(O)O.[NaH].[NaH].[NaH]. The zero-order valence-corrected chi connectivity index (χ0v) is 6.18. The van der Waals surface area contributed by atoms with Crippen LogP contribution in [0, 0.1) is 0 Å². The van der Waals surface area contributed by atoms with Crippen molar-refractivity contribution in [2.75, 3.05) is 0 Å². The van der Waals surface area contributed by atoms with Gasteiger partial charge in [0.1, 0.15) is 0 Å². The predicted octanol–water partition coefficient (Wildman–Crippen LogP) is -3.80. The van der Waals surface area contributed by atoms with Crippen molar-refractivity contribution in [3.8, 4) is 0 Å². The van der Waals surface area contributed by atoms with Gasteiger partial charge < -0.3 is 29.4 Å². The summed E-state index contributed by atoms with van der Waals surface area (Å²) in [6.07, 6.45) is 0. The molecule has 0 amide bonds. The topological polar surface area (TPSA) is 156 Å². The van der Waals surface area contributed by atoms with Gasteiger partial charge >= 0.3 is 104 Å². The Labute approximate surface area is 140 Å². The molecule has 13 heteroatoms. The first-order valence-corrected chi connectivity index (χ1v) is 4.70. The molecule has 0 spiro atoms. The molecule has 0 aromatic carbocycles. The Hall–Kier alpha value is 3.22. The predicted molar refractivity (Wildman–Crippen MR) is 50.0 cm³/mol. The molecular weight excluding hydrogens is 259 g/mol. The Kier molecular flexibility index (Phi) is 30.5. The van der Waals surface area contributed by atoms with Gasteiger partial charge in [-0.05, 0) is 0 Å². The average molecular weight is 268 g/mol. The van der Waals surface area contributed by atoms with Crippen LogP contribution in [-0.4, -0.2) is 118 Å². The minimum atomic E-state index is -4.64. The van der Waals surface area contributed by atoms with Crippen LogP contribution in [0.15, 0.2) is 0 Å². The van der Waals surface area contributed by atoms with Crippen molar-refractivity contribution < 1.29 is 38.5 Å². The van der Waals surface area contributed by atoms with Crippen LogP contribution in [0.25, 0.3) is 0 Å². The van der Waals surface area contributed by atoms with Gasteiger partial charge in [0.15, 0.2) is 0 Å². The van der Waals surface area contributed by atoms with Gasteiger partial charge in [-0.15, -0.1) is 0 Å². The second-order valence-electron chi connectivity index (χ2n) is 1.03. The summed E-state index contributed by atoms with van der Waals surface area (Å²) in [4.78, 5) is 43.1. The third-order valence-corrected chi connectivity index (χ3v) is 0. The molecule has 8 nitrogen and oxygen atoms in total. The zero-order chi connectivity index (χ0) is 9.00. The quantitative estimate of drug-likeness (QED) is 0.193. The summed E-state index contributed by atoms with van der Waals surface area (Å²) >= 11 is 0. The molecule has 0 saturated heterocycles. The van der Waals surface area contributed by atoms with Gasteiger partial charge in [0, 0.05) is 0 Å². The average Bonchev–Trinajstić information content (AvgIpc) is 1.12. The van der Waals surface area contributed by atoms with Crippen molar-refractivity contribution in [1.82, 2.24) is 0 Å². The second-order valence-corrected chi connectivity index (χ2v) is 3.08. The number of hydrogen-bond donors (Lipinski definition) is 6. The molecule has 6 N–H and O–H groups in total. The Morgan fingerprint density at radius 1 is 0.538 bits per heavy atom. The van der Waals surface area contributed by atoms with E-state index in [4.69, 9.17) is 38.5 Å². The van der Waals surface area contributed by atoms with Crippen LogP contribution in [0.4, 0.5) is 0 Å². The third kappa shape index (κ3) is 257. The van der Waals surface area contributed by atoms with Crippen LogP contribution in [-0.2, 0) is 9.13 Å². The van der Waals surface area contributed by atoms with E-state index < -0.39 is 15.6 Å². The fraction of sp³-hybridized carbons (Fsp3) is 0. The molecule has 0 fully saturated rings. The molecule has 0 aliphatic carbocycles. The summed E-state index contributed by atoms with van der Waals surface area (Å²) in [6.45, 7) is 0. The first kappa shape index (κ1) is 29.8. The monoisotopic (exact) mass is 268 g/mol. The number of phosphoric acid groups is 2. The van der Waals surface area contributed by atoms with Gasteiger partial charge in [-0.25, -0.2) is 9.13 Å². The molecule has 0 aliphatic rings. The van der Waals surface area contributed by atoms with Crippen LogP contribution in [0.5, 0.6) is 0 Å². The molecular formula is H9Na3O8P2. The molecule has 0 saturated carbocycles. The number of hydrogen-bond acceptors (Lipinski definition) is 2. The van der Waals surface area contributed by atoms with Gasteiger partial charge in [-0.2, -0.15) is 0 Å². The van der Waals surface area contributed by atoms with E-state index in [9.17, 15) is 0 Å². The third-order valence-electron chi connectivity index (χ3n) is 0. The fourth-order valence-corrected chi connectivity index (χ4v) is 0. The molecule has 0 radical (unpaired) electrons. The van der Waals surface area contributed by atoms with E-state index in [1.807, 2.05) is 0 Å². The standard InChI is InChI=1S/3Na.2H3O4P.3H/c;;;2*1-5(2,3)4;;;/h;;;2*(H3,1,2,3,4);;;. The van der Waals surface area contributed by atoms with Crippen molar-refractivity contribution in [2.24, 2.45) is 0 Å². The van der Waals surface area contributed by atoms with Gasteiger partial charge in [-0.1, -0.05) is 0 Å². The molecule has 0 rings (SSSR count). The fourth-order valence-electron chi connectivity index (χ4n) is 0. The molecule has 70 valence electrons. The number of rotatable bonds is 0. The molecule has 0 unspecified atom stereocenters. The van der Waals surface area contributed by atoms with Crippen molar-refractivity contribution in [3.05, 3.63) is 0 Å². The summed E-state index contributed by atoms with van der Waals surface area (Å²) in [5.41, 5.74) is 0. The molecule has 0 atom stereocenters. The Bertz CT molecular complexity index is 130. The van der Waals surface area contributed by atoms with Crippen molar-refractivity contribution in [2.45, 2.75) is 0 Å². The molecule has 0 heterocycles. The van der Waals surface area contributed by atoms with E-state index in [1.165, 1.54) is 0 Å². The summed E-state index contributed by atoms with van der Waals surface area (Å²) < 4.78 is 17.8. The molecule has 0 aliphatic heterocycles. The summed E-state index contributed by atoms with van der Waals surface area (Å²) in [5.74, 6) is 0. The van der Waals surface area contributed by atoms with Gasteiger partial charge in [0.2, 0.25) is 0 Å². The van der Waals surface area contributed by atoms with E-state index in [0.717, 1.165) is 0 Å². The van der Waals surface area contributed by atoms with Gasteiger partial charge in [0.05, 0.1) is 0 Å². The molecule has 13 heavy (non-hydrogen) atoms. The first-order chi connectivity index (χ1) is 4.00. The zero-order valence-electron chi connectivity index (χ0n) is 4.39. The van der Waals surface area contributed by atoms with Gasteiger partial charge in [-0.3, -0.25) is 0 Å². The minimum absolute atomic E-state index is 0. The Balaban J connectivity index is -0.0000000267. The molecule has 0 aromatic rings. The summed E-state index contributed by atoms with van der Waals surface area (Å²) in [5, 5.41) is 0. The summed E-state index contributed by atoms with van der Waals surface area (Å²) in [6, 6.07) is 0. The molecule has 0 aromatic heterocycles. The van der Waals surface area contributed by atoms with E-state index >= 15 is 0 Å². The van der Waals surface area contributed by atoms with E-state index in [2.05, 4.69) is 0 Å². The maximum absolute atomic E-state index is 8.88. The van der Waals surface area contributed by atoms with E-state index in [1.54, 1.807) is 0 Å². The van der Waals surface area contributed by atoms with Crippen LogP contribution in [0.2, 0.25) is 0 Å². The van der Waals surface area contributed by atoms with Crippen molar-refractivity contribution in [1.29, 1.82) is 0 Å². The van der Waals surface area contributed by atoms with Crippen LogP contribution < -0.4 is 0 Å². The maximum atomic E-state index is 8.88. The Morgan fingerprint density at radius 2 is 0.538 bits per heavy atom. The summed E-state index contributed by atoms with van der Waals surface area (Å²) in [7, 11) is -9.28. The first-order valence-electron chi connectivity index (χ1n) is 1.57. The Morgan fingerprint density at radius 3 is 0.538 bits per heavy atom. The van der Waals surface area contributed by atoms with Crippen LogP contribution in [0.1, 0.15) is 0 Å². The van der Waals surface area contributed by atoms with E-state index in [0.29, 0.717) is 0 Å². The van der Waals surface area contributed by atoms with Crippen LogP contribution in [0.3, 0.4) is 0 Å². The van der Waals surface area contributed by atoms with E-state index in [-0.39, 0.29) is 88.7 Å². The van der Waals surface area contributed by atoms with Crippen molar-refractivity contribution in [3.63, 3.8) is 0 Å². The van der Waals surface area contributed by atoms with Crippen LogP contribution >= 0.6 is 15.6 Å². The second kappa shape index (κ2) is 13.3. The van der Waals surface area contributed by atoms with Crippen molar-refractivity contribution >= 4 is 104 Å². The normalized spacial score (nSPS) is 9.08. The van der Waals surface area contributed by atoms with Gasteiger partial charge in [0.25, 0.3) is 0 Å². The molecule has 0 bridgehead atoms.